The molecule has 5 unspecified atom stereocenters. The van der Waals surface area contributed by atoms with Gasteiger partial charge in [0, 0.05) is 43.7 Å². The number of Topliss-reactive ketones (excluding diaryl/α,β-unsaturated/α-hetero) is 1. The number of piperazine rings is 2. The number of nitrogens with two attached hydrogens (primary N) is 2. The standard InChI is InChI=1S/C12H20F3NO3.C9H14F3NO4.C6H4Cl2.C6H7F3N2O2.C6H11F3N2.C5H9ClO2.C4H6F3NO2.C2H5B2O3.C2H7N.2CO2/c1-5-6-9(17)8(7-12(13,14)15)16-10(18)19-11(2,3)4;1-8(2,3)17-7(16)13-5(6(14)15)4-9(10,11)12;7-5-3-1-2-4-6(5)8;7-6(8,9)1-3-5(13)10-2-4(12)11-3;7-6(8,9)3-5-4-10-1-2-11-5;1-4(2)3-8-5(6)7;5-4(6,7)1-2(8)3(9)10;1-3-7-6-2-4-5;1-2-3;2*2-1-3/h8H,5-7H2,1-4H3,(H,16,18);5H,4H2,1-3H3,(H,13,16)(H,14,15);1-4H;3H,1-2H2,(H,10,13)(H,11,12);5,10-11H,1-4H2;4H,3H2,1-2H3;2H,1,8H2,(H,9,10);2H2,1H3;2-3H2,1H3;;. The first-order chi connectivity index (χ1) is 46.2. The second-order valence-electron chi connectivity index (χ2n) is 21.4. The van der Waals surface area contributed by atoms with E-state index in [0.29, 0.717) is 49.2 Å². The van der Waals surface area contributed by atoms with Crippen molar-refractivity contribution in [2.45, 2.75) is 193 Å². The number of halogens is 18. The summed E-state index contributed by atoms with van der Waals surface area (Å²) in [5.74, 6) is -5.10. The normalized spacial score (nSPS) is 14.6. The Bertz CT molecular complexity index is 2550. The van der Waals surface area contributed by atoms with Gasteiger partial charge >= 0.3 is 115 Å². The van der Waals surface area contributed by atoms with Crippen molar-refractivity contribution < 1.29 is 162 Å². The number of hydrogen-bond acceptors (Lipinski definition) is 22. The molecule has 4 amide bonds. The molecule has 2 aliphatic heterocycles. The maximum absolute atomic E-state index is 12.4. The van der Waals surface area contributed by atoms with Crippen LogP contribution in [0.4, 0.5) is 80.2 Å². The van der Waals surface area contributed by atoms with E-state index in [0.717, 1.165) is 13.1 Å². The molecular formula is C54H83B2Cl3F15N8O20. The summed E-state index contributed by atoms with van der Waals surface area (Å²) in [5, 5.41) is 31.0. The van der Waals surface area contributed by atoms with Gasteiger partial charge in [0.25, 0.3) is 0 Å². The number of benzene rings is 1. The SMILES string of the molecule is CC(C)(C)OC(=O)NC(CC(F)(F)F)C(=O)O.CC(C)COC(=O)Cl.CCCC(=O)C(CC(F)(F)F)NC(=O)OC(C)(C)C.CCN.C[B]OOCB=O.Clc1ccccc1Cl.FC(F)(F)CC1CNCCN1.NC(CC(F)(F)F)C(=O)O.O=C1CNC(=O)C(CC(F)(F)F)N1.O=C=O.O=C=O. The van der Waals surface area contributed by atoms with Gasteiger partial charge in [0.1, 0.15) is 29.3 Å². The Balaban J connectivity index is -0.000000165. The summed E-state index contributed by atoms with van der Waals surface area (Å²) in [6.45, 7) is 21.1. The number of carboxylic acid groups (broad SMARTS) is 2. The van der Waals surface area contributed by atoms with Gasteiger partial charge < -0.3 is 67.8 Å². The van der Waals surface area contributed by atoms with Crippen LogP contribution < -0.4 is 43.4 Å². The van der Waals surface area contributed by atoms with Crippen molar-refractivity contribution in [3.05, 3.63) is 34.3 Å². The number of ketones is 1. The Morgan fingerprint density at radius 3 is 1.39 bits per heavy atom. The average Bonchev–Trinajstić information content (AvgIpc) is 0.878. The van der Waals surface area contributed by atoms with Gasteiger partial charge in [-0.25, -0.2) is 19.2 Å². The van der Waals surface area contributed by atoms with Crippen molar-refractivity contribution >= 4 is 109 Å². The number of carbonyl (C=O) groups is 8. The maximum atomic E-state index is 12.4. The molecule has 2 saturated heterocycles. The van der Waals surface area contributed by atoms with Gasteiger partial charge in [-0.3, -0.25) is 19.2 Å². The van der Waals surface area contributed by atoms with Gasteiger partial charge in [-0.1, -0.05) is 63.0 Å². The summed E-state index contributed by atoms with van der Waals surface area (Å²) < 4.78 is 201. The van der Waals surface area contributed by atoms with E-state index >= 15 is 0 Å². The van der Waals surface area contributed by atoms with Crippen molar-refractivity contribution in [1.82, 2.24) is 31.9 Å². The average molecular weight is 1580 g/mol. The third kappa shape index (κ3) is 93.0. The predicted octanol–water partition coefficient (Wildman–Crippen LogP) is 8.94. The number of rotatable bonds is 18. The Hall–Kier alpha value is -6.95. The Morgan fingerprint density at radius 2 is 1.11 bits per heavy atom. The fraction of sp³-hybridized carbons (Fsp3) is 0.704. The van der Waals surface area contributed by atoms with E-state index in [4.69, 9.17) is 74.7 Å². The zero-order valence-corrected chi connectivity index (χ0v) is 58.8. The first-order valence-electron chi connectivity index (χ1n) is 28.7. The number of carbonyl (C=O) groups excluding carboxylic acids is 10. The minimum Gasteiger partial charge on any atom is -0.480 e. The Morgan fingerprint density at radius 1 is 0.696 bits per heavy atom. The monoisotopic (exact) mass is 1580 g/mol. The Labute approximate surface area is 592 Å². The van der Waals surface area contributed by atoms with Crippen molar-refractivity contribution in [3.8, 4) is 0 Å². The molecule has 591 valence electrons. The summed E-state index contributed by atoms with van der Waals surface area (Å²) in [6, 6.07) is -0.222. The summed E-state index contributed by atoms with van der Waals surface area (Å²) >= 11 is 16.0. The number of alkyl halides is 15. The van der Waals surface area contributed by atoms with Gasteiger partial charge in [0.15, 0.2) is 5.78 Å². The van der Waals surface area contributed by atoms with E-state index in [-0.39, 0.29) is 31.8 Å². The van der Waals surface area contributed by atoms with Crippen LogP contribution in [0.5, 0.6) is 0 Å². The van der Waals surface area contributed by atoms with Crippen LogP contribution in [0.3, 0.4) is 0 Å². The molecule has 2 aliphatic rings. The largest absolute Gasteiger partial charge is 0.480 e. The van der Waals surface area contributed by atoms with Crippen LogP contribution in [-0.2, 0) is 71.8 Å². The van der Waals surface area contributed by atoms with E-state index in [2.05, 4.69) is 40.9 Å². The van der Waals surface area contributed by atoms with Crippen molar-refractivity contribution in [2.75, 3.05) is 45.8 Å². The van der Waals surface area contributed by atoms with Crippen molar-refractivity contribution in [3.63, 3.8) is 0 Å². The molecule has 0 bridgehead atoms. The molecule has 48 heteroatoms. The van der Waals surface area contributed by atoms with Crippen molar-refractivity contribution in [1.29, 1.82) is 0 Å². The van der Waals surface area contributed by atoms with Crippen molar-refractivity contribution in [2.24, 2.45) is 17.4 Å². The van der Waals surface area contributed by atoms with Crippen LogP contribution in [0, 0.1) is 5.92 Å². The molecule has 3 rings (SSSR count). The minimum atomic E-state index is -4.68. The van der Waals surface area contributed by atoms with E-state index in [1.807, 2.05) is 43.5 Å². The predicted molar refractivity (Wildman–Crippen MR) is 331 cm³/mol. The van der Waals surface area contributed by atoms with Crippen LogP contribution in [0.1, 0.15) is 114 Å². The summed E-state index contributed by atoms with van der Waals surface area (Å²) in [7, 11) is 1.97. The van der Waals surface area contributed by atoms with Gasteiger partial charge in [0.05, 0.1) is 61.3 Å². The summed E-state index contributed by atoms with van der Waals surface area (Å²) in [4.78, 5) is 127. The summed E-state index contributed by atoms with van der Waals surface area (Å²) in [6.07, 6.45) is -30.1. The molecule has 28 nitrogen and oxygen atoms in total. The number of nitrogens with one attached hydrogen (secondary N) is 6. The van der Waals surface area contributed by atoms with Gasteiger partial charge in [-0.05, 0) is 72.6 Å². The van der Waals surface area contributed by atoms with Crippen LogP contribution in [0.25, 0.3) is 0 Å². The molecule has 102 heavy (non-hydrogen) atoms. The first-order valence-corrected chi connectivity index (χ1v) is 29.8. The third-order valence-electron chi connectivity index (χ3n) is 8.97. The second-order valence-corrected chi connectivity index (χ2v) is 22.5. The molecule has 0 saturated carbocycles. The van der Waals surface area contributed by atoms with Gasteiger partial charge in [0.2, 0.25) is 11.8 Å². The number of aliphatic carboxylic acids is 2. The van der Waals surface area contributed by atoms with Gasteiger partial charge in [-0.2, -0.15) is 85.0 Å². The molecule has 5 atom stereocenters. The zero-order chi connectivity index (χ0) is 82.1. The van der Waals surface area contributed by atoms with E-state index in [9.17, 15) is 109 Å². The number of carboxylic acids is 2. The number of hydrogen-bond donors (Lipinski definition) is 10. The molecule has 0 aliphatic carbocycles. The second kappa shape index (κ2) is 60.5. The molecule has 0 aromatic heterocycles. The van der Waals surface area contributed by atoms with E-state index in [1.165, 1.54) is 28.3 Å². The molecule has 2 fully saturated rings. The van der Waals surface area contributed by atoms with Crippen LogP contribution in [0.2, 0.25) is 16.9 Å². The molecule has 0 spiro atoms. The van der Waals surface area contributed by atoms with E-state index in [1.54, 1.807) is 52.0 Å². The number of ether oxygens (including phenoxy) is 3. The Kier molecular flexibility index (Phi) is 65.8. The molecular weight excluding hydrogens is 1490 g/mol. The molecule has 1 radical (unpaired) electrons. The molecule has 1 aromatic carbocycles. The molecule has 2 heterocycles. The smallest absolute Gasteiger partial charge is 0.391 e. The van der Waals surface area contributed by atoms with Gasteiger partial charge in [-0.15, -0.1) is 0 Å². The quantitative estimate of drug-likeness (QED) is 0.0125. The summed E-state index contributed by atoms with van der Waals surface area (Å²) in [5.41, 5.74) is 6.96. The first kappa shape index (κ1) is 111. The van der Waals surface area contributed by atoms with E-state index < -0.39 is 152 Å². The molecule has 12 N–H and O–H groups in total. The maximum Gasteiger partial charge on any atom is 0.391 e. The molecule has 1 aromatic rings. The fourth-order valence-electron chi connectivity index (χ4n) is 5.49. The zero-order valence-electron chi connectivity index (χ0n) is 56.5. The fourth-order valence-corrected chi connectivity index (χ4v) is 5.82. The van der Waals surface area contributed by atoms with Crippen LogP contribution in [0.15, 0.2) is 24.3 Å². The van der Waals surface area contributed by atoms with Crippen LogP contribution in [-0.4, -0.2) is 202 Å². The number of alkyl carbamates (subject to hydrolysis) is 2. The third-order valence-corrected chi connectivity index (χ3v) is 9.84. The number of amides is 4. The minimum absolute atomic E-state index is 0.00958. The van der Waals surface area contributed by atoms with Crippen LogP contribution >= 0.6 is 34.8 Å². The topological polar surface area (TPSA) is 433 Å².